The van der Waals surface area contributed by atoms with Crippen LogP contribution in [0, 0.1) is 11.8 Å². The van der Waals surface area contributed by atoms with Crippen LogP contribution >= 0.6 is 24.2 Å². The lowest BCUT2D eigenvalue weighted by Crippen LogP contribution is -2.38. The summed E-state index contributed by atoms with van der Waals surface area (Å²) in [5.41, 5.74) is 7.02. The van der Waals surface area contributed by atoms with E-state index in [1.54, 1.807) is 11.8 Å². The highest BCUT2D eigenvalue weighted by atomic mass is 35.5. The highest BCUT2D eigenvalue weighted by Gasteiger charge is 2.40. The molecule has 1 saturated heterocycles. The van der Waals surface area contributed by atoms with Crippen molar-refractivity contribution in [3.05, 3.63) is 29.8 Å². The zero-order valence-electron chi connectivity index (χ0n) is 12.3. The van der Waals surface area contributed by atoms with Crippen molar-refractivity contribution in [2.45, 2.75) is 30.2 Å². The van der Waals surface area contributed by atoms with Gasteiger partial charge in [-0.15, -0.1) is 24.2 Å². The second kappa shape index (κ2) is 7.03. The van der Waals surface area contributed by atoms with E-state index in [0.717, 1.165) is 25.1 Å². The summed E-state index contributed by atoms with van der Waals surface area (Å²) in [6.07, 6.45) is 5.61. The van der Waals surface area contributed by atoms with Gasteiger partial charge in [-0.1, -0.05) is 6.42 Å². The number of nitrogens with two attached hydrogens (primary N) is 1. The second-order valence-corrected chi connectivity index (χ2v) is 6.84. The molecule has 1 aromatic rings. The minimum Gasteiger partial charge on any atom is -0.338 e. The summed E-state index contributed by atoms with van der Waals surface area (Å²) >= 11 is 1.70. The quantitative estimate of drug-likeness (QED) is 0.850. The summed E-state index contributed by atoms with van der Waals surface area (Å²) in [5, 5.41) is 0. The molecule has 1 aromatic carbocycles. The molecular weight excluding hydrogens is 304 g/mol. The number of amides is 1. The Morgan fingerprint density at radius 2 is 1.95 bits per heavy atom. The van der Waals surface area contributed by atoms with Gasteiger partial charge in [0.05, 0.1) is 0 Å². The molecule has 0 radical (unpaired) electrons. The number of thioether (sulfide) groups is 1. The predicted octanol–water partition coefficient (Wildman–Crippen LogP) is 3.03. The van der Waals surface area contributed by atoms with Crippen molar-refractivity contribution in [3.63, 3.8) is 0 Å². The number of carbonyl (C=O) groups excluding carboxylic acids is 1. The number of hydrogen-bond acceptors (Lipinski definition) is 3. The molecular formula is C16H23ClN2OS. The van der Waals surface area contributed by atoms with E-state index in [9.17, 15) is 4.79 Å². The summed E-state index contributed by atoms with van der Waals surface area (Å²) in [6, 6.07) is 8.21. The van der Waals surface area contributed by atoms with Gasteiger partial charge in [-0.25, -0.2) is 0 Å². The number of hydrogen-bond donors (Lipinski definition) is 1. The Morgan fingerprint density at radius 1 is 1.24 bits per heavy atom. The van der Waals surface area contributed by atoms with Gasteiger partial charge in [0.15, 0.2) is 0 Å². The molecule has 3 unspecified atom stereocenters. The minimum atomic E-state index is 0. The number of benzene rings is 1. The highest BCUT2D eigenvalue weighted by Crippen LogP contribution is 2.36. The molecule has 1 aliphatic heterocycles. The molecule has 1 amide bonds. The monoisotopic (exact) mass is 326 g/mol. The fraction of sp³-hybridized carbons (Fsp3) is 0.562. The smallest absolute Gasteiger partial charge is 0.253 e. The maximum atomic E-state index is 12.6. The molecule has 0 bridgehead atoms. The first-order chi connectivity index (χ1) is 9.69. The number of carbonyl (C=O) groups is 1. The Hall–Kier alpha value is -0.710. The second-order valence-electron chi connectivity index (χ2n) is 5.96. The first kappa shape index (κ1) is 16.7. The molecule has 2 N–H and O–H groups in total. The molecule has 1 saturated carbocycles. The first-order valence-electron chi connectivity index (χ1n) is 7.38. The van der Waals surface area contributed by atoms with Gasteiger partial charge in [-0.2, -0.15) is 0 Å². The van der Waals surface area contributed by atoms with Gasteiger partial charge >= 0.3 is 0 Å². The van der Waals surface area contributed by atoms with E-state index < -0.39 is 0 Å². The summed E-state index contributed by atoms with van der Waals surface area (Å²) in [7, 11) is 0. The van der Waals surface area contributed by atoms with E-state index in [4.69, 9.17) is 5.73 Å². The van der Waals surface area contributed by atoms with Gasteiger partial charge in [0.25, 0.3) is 5.91 Å². The van der Waals surface area contributed by atoms with E-state index in [1.807, 2.05) is 35.4 Å². The average Bonchev–Trinajstić information content (AvgIpc) is 2.92. The molecule has 2 aliphatic rings. The van der Waals surface area contributed by atoms with E-state index in [1.165, 1.54) is 17.7 Å². The number of fused-ring (bicyclic) bond motifs is 1. The van der Waals surface area contributed by atoms with Crippen LogP contribution in [-0.2, 0) is 0 Å². The summed E-state index contributed by atoms with van der Waals surface area (Å²) < 4.78 is 0. The van der Waals surface area contributed by atoms with Gasteiger partial charge in [-0.05, 0) is 55.2 Å². The molecule has 3 rings (SSSR count). The van der Waals surface area contributed by atoms with E-state index >= 15 is 0 Å². The Balaban J connectivity index is 0.00000161. The van der Waals surface area contributed by atoms with Crippen LogP contribution in [0.5, 0.6) is 0 Å². The fourth-order valence-corrected chi connectivity index (χ4v) is 4.01. The average molecular weight is 327 g/mol. The lowest BCUT2D eigenvalue weighted by atomic mass is 9.78. The number of halogens is 1. The largest absolute Gasteiger partial charge is 0.338 e. The van der Waals surface area contributed by atoms with Crippen LogP contribution in [0.3, 0.4) is 0 Å². The van der Waals surface area contributed by atoms with Crippen LogP contribution in [0.4, 0.5) is 0 Å². The van der Waals surface area contributed by atoms with Crippen molar-refractivity contribution in [1.29, 1.82) is 0 Å². The molecule has 1 aliphatic carbocycles. The molecule has 0 aromatic heterocycles. The molecule has 3 nitrogen and oxygen atoms in total. The summed E-state index contributed by atoms with van der Waals surface area (Å²) in [4.78, 5) is 15.8. The predicted molar refractivity (Wildman–Crippen MR) is 90.2 cm³/mol. The third kappa shape index (κ3) is 3.38. The molecule has 0 spiro atoms. The van der Waals surface area contributed by atoms with Crippen molar-refractivity contribution in [2.75, 3.05) is 19.3 Å². The number of rotatable bonds is 2. The van der Waals surface area contributed by atoms with Crippen LogP contribution in [0.15, 0.2) is 29.2 Å². The van der Waals surface area contributed by atoms with Crippen molar-refractivity contribution < 1.29 is 4.79 Å². The van der Waals surface area contributed by atoms with Crippen molar-refractivity contribution in [2.24, 2.45) is 17.6 Å². The SMILES string of the molecule is CSc1ccc(C(=O)N2CC3CCCC(N)C3C2)cc1.Cl. The molecule has 116 valence electrons. The molecule has 2 fully saturated rings. The maximum Gasteiger partial charge on any atom is 0.253 e. The first-order valence-corrected chi connectivity index (χ1v) is 8.60. The van der Waals surface area contributed by atoms with Gasteiger partial charge in [0.2, 0.25) is 0 Å². The zero-order valence-corrected chi connectivity index (χ0v) is 14.0. The van der Waals surface area contributed by atoms with Crippen LogP contribution < -0.4 is 5.73 Å². The third-order valence-electron chi connectivity index (χ3n) is 4.78. The Labute approximate surface area is 137 Å². The van der Waals surface area contributed by atoms with Crippen molar-refractivity contribution >= 4 is 30.1 Å². The Morgan fingerprint density at radius 3 is 2.57 bits per heavy atom. The normalized spacial score (nSPS) is 27.9. The van der Waals surface area contributed by atoms with Gasteiger partial charge < -0.3 is 10.6 Å². The summed E-state index contributed by atoms with van der Waals surface area (Å²) in [5.74, 6) is 1.30. The van der Waals surface area contributed by atoms with E-state index in [0.29, 0.717) is 11.8 Å². The van der Waals surface area contributed by atoms with Gasteiger partial charge in [0.1, 0.15) is 0 Å². The van der Waals surface area contributed by atoms with Gasteiger partial charge in [0, 0.05) is 29.6 Å². The standard InChI is InChI=1S/C16H22N2OS.ClH/c1-20-13-7-5-11(6-8-13)16(19)18-9-12-3-2-4-15(17)14(12)10-18;/h5-8,12,14-15H,2-4,9-10,17H2,1H3;1H. The van der Waals surface area contributed by atoms with Crippen molar-refractivity contribution in [1.82, 2.24) is 4.90 Å². The van der Waals surface area contributed by atoms with Crippen molar-refractivity contribution in [3.8, 4) is 0 Å². The highest BCUT2D eigenvalue weighted by molar-refractivity contribution is 7.98. The van der Waals surface area contributed by atoms with Crippen LogP contribution in [0.2, 0.25) is 0 Å². The van der Waals surface area contributed by atoms with E-state index in [2.05, 4.69) is 0 Å². The Kier molecular flexibility index (Phi) is 5.58. The van der Waals surface area contributed by atoms with Gasteiger partial charge in [-0.3, -0.25) is 4.79 Å². The zero-order chi connectivity index (χ0) is 14.1. The van der Waals surface area contributed by atoms with Crippen LogP contribution in [0.1, 0.15) is 29.6 Å². The fourth-order valence-electron chi connectivity index (χ4n) is 3.60. The molecule has 5 heteroatoms. The van der Waals surface area contributed by atoms with Crippen LogP contribution in [0.25, 0.3) is 0 Å². The minimum absolute atomic E-state index is 0. The van der Waals surface area contributed by atoms with E-state index in [-0.39, 0.29) is 24.4 Å². The number of nitrogens with zero attached hydrogens (tertiary/aromatic N) is 1. The van der Waals surface area contributed by atoms with Crippen LogP contribution in [-0.4, -0.2) is 36.2 Å². The maximum absolute atomic E-state index is 12.6. The number of likely N-dealkylation sites (tertiary alicyclic amines) is 1. The Bertz CT molecular complexity index is 494. The molecule has 1 heterocycles. The molecule has 21 heavy (non-hydrogen) atoms. The molecule has 3 atom stereocenters. The lowest BCUT2D eigenvalue weighted by Gasteiger charge is -2.29. The lowest BCUT2D eigenvalue weighted by molar-refractivity contribution is 0.0783. The third-order valence-corrected chi connectivity index (χ3v) is 5.52. The topological polar surface area (TPSA) is 46.3 Å². The summed E-state index contributed by atoms with van der Waals surface area (Å²) in [6.45, 7) is 1.73.